The fraction of sp³-hybridized carbons (Fsp3) is 0.200. The van der Waals surface area contributed by atoms with E-state index in [2.05, 4.69) is 21.8 Å². The average molecular weight is 286 g/mol. The Kier molecular flexibility index (Phi) is 5.90. The van der Waals surface area contributed by atoms with E-state index in [4.69, 9.17) is 9.84 Å². The summed E-state index contributed by atoms with van der Waals surface area (Å²) < 4.78 is 5.64. The molecule has 0 bridgehead atoms. The van der Waals surface area contributed by atoms with Crippen LogP contribution in [0.15, 0.2) is 47.9 Å². The van der Waals surface area contributed by atoms with Gasteiger partial charge in [0.15, 0.2) is 5.16 Å². The first-order valence-electron chi connectivity index (χ1n) is 6.11. The molecule has 5 heteroatoms. The van der Waals surface area contributed by atoms with Crippen molar-refractivity contribution >= 4 is 11.8 Å². The van der Waals surface area contributed by atoms with Crippen molar-refractivity contribution in [1.82, 2.24) is 9.97 Å². The summed E-state index contributed by atoms with van der Waals surface area (Å²) in [6.07, 6.45) is 3.44. The summed E-state index contributed by atoms with van der Waals surface area (Å²) in [5.41, 5.74) is 0.829. The van der Waals surface area contributed by atoms with Gasteiger partial charge in [-0.15, -0.1) is 0 Å². The molecule has 20 heavy (non-hydrogen) atoms. The molecular formula is C15H14N2O2S. The SMILES string of the molecule is OCC#Cc1cccc(OCCSc2ncccn2)c1. The summed E-state index contributed by atoms with van der Waals surface area (Å²) in [5.74, 6) is 7.00. The molecule has 0 aliphatic carbocycles. The van der Waals surface area contributed by atoms with Crippen molar-refractivity contribution in [2.45, 2.75) is 5.16 Å². The molecule has 0 spiro atoms. The Bertz CT molecular complexity index is 594. The summed E-state index contributed by atoms with van der Waals surface area (Å²) in [6.45, 7) is 0.429. The zero-order chi connectivity index (χ0) is 14.0. The van der Waals surface area contributed by atoms with E-state index in [1.165, 1.54) is 0 Å². The van der Waals surface area contributed by atoms with Crippen molar-refractivity contribution in [3.05, 3.63) is 48.3 Å². The number of ether oxygens (including phenoxy) is 1. The molecule has 2 rings (SSSR count). The van der Waals surface area contributed by atoms with E-state index in [-0.39, 0.29) is 6.61 Å². The summed E-state index contributed by atoms with van der Waals surface area (Å²) in [6, 6.07) is 9.28. The van der Waals surface area contributed by atoms with Gasteiger partial charge in [0, 0.05) is 23.7 Å². The average Bonchev–Trinajstić information content (AvgIpc) is 2.51. The number of thioether (sulfide) groups is 1. The van der Waals surface area contributed by atoms with Gasteiger partial charge in [0.05, 0.1) is 6.61 Å². The minimum atomic E-state index is -0.140. The molecule has 0 amide bonds. The lowest BCUT2D eigenvalue weighted by molar-refractivity contribution is 0.343. The number of nitrogens with zero attached hydrogens (tertiary/aromatic N) is 2. The number of aliphatic hydroxyl groups is 1. The third-order valence-corrected chi connectivity index (χ3v) is 3.11. The lowest BCUT2D eigenvalue weighted by atomic mass is 10.2. The van der Waals surface area contributed by atoms with Crippen LogP contribution in [0.25, 0.3) is 0 Å². The lowest BCUT2D eigenvalue weighted by Crippen LogP contribution is -2.01. The third kappa shape index (κ3) is 4.92. The van der Waals surface area contributed by atoms with Crippen LogP contribution in [0.1, 0.15) is 5.56 Å². The highest BCUT2D eigenvalue weighted by Crippen LogP contribution is 2.15. The molecule has 1 aromatic carbocycles. The lowest BCUT2D eigenvalue weighted by Gasteiger charge is -2.05. The van der Waals surface area contributed by atoms with Crippen molar-refractivity contribution < 1.29 is 9.84 Å². The van der Waals surface area contributed by atoms with Gasteiger partial charge in [-0.1, -0.05) is 29.7 Å². The maximum absolute atomic E-state index is 8.66. The molecule has 0 atom stereocenters. The largest absolute Gasteiger partial charge is 0.493 e. The molecule has 0 unspecified atom stereocenters. The van der Waals surface area contributed by atoms with E-state index in [0.717, 1.165) is 22.2 Å². The van der Waals surface area contributed by atoms with Crippen LogP contribution in [0, 0.1) is 11.8 Å². The predicted octanol–water partition coefficient (Wildman–Crippen LogP) is 1.99. The molecule has 1 heterocycles. The summed E-state index contributed by atoms with van der Waals surface area (Å²) >= 11 is 1.55. The molecule has 4 nitrogen and oxygen atoms in total. The first-order chi connectivity index (χ1) is 9.88. The van der Waals surface area contributed by atoms with Gasteiger partial charge < -0.3 is 9.84 Å². The standard InChI is InChI=1S/C15H14N2O2S/c18-9-2-5-13-4-1-6-14(12-13)19-10-11-20-15-16-7-3-8-17-15/h1,3-4,6-8,12,18H,9-11H2. The number of hydrogen-bond donors (Lipinski definition) is 1. The van der Waals surface area contributed by atoms with Gasteiger partial charge in [-0.3, -0.25) is 0 Å². The monoisotopic (exact) mass is 286 g/mol. The van der Waals surface area contributed by atoms with Crippen LogP contribution in [0.2, 0.25) is 0 Å². The van der Waals surface area contributed by atoms with Gasteiger partial charge in [0.1, 0.15) is 12.4 Å². The summed E-state index contributed by atoms with van der Waals surface area (Å²) in [5, 5.41) is 9.41. The van der Waals surface area contributed by atoms with Crippen molar-refractivity contribution in [3.8, 4) is 17.6 Å². The van der Waals surface area contributed by atoms with Crippen molar-refractivity contribution in [3.63, 3.8) is 0 Å². The number of aliphatic hydroxyl groups excluding tert-OH is 1. The first-order valence-corrected chi connectivity index (χ1v) is 7.09. The zero-order valence-corrected chi connectivity index (χ0v) is 11.6. The van der Waals surface area contributed by atoms with Gasteiger partial charge in [-0.25, -0.2) is 9.97 Å². The normalized spacial score (nSPS) is 9.65. The third-order valence-electron chi connectivity index (χ3n) is 2.27. The van der Waals surface area contributed by atoms with Crippen LogP contribution in [0.3, 0.4) is 0 Å². The van der Waals surface area contributed by atoms with Crippen molar-refractivity contribution in [2.75, 3.05) is 19.0 Å². The maximum atomic E-state index is 8.66. The van der Waals surface area contributed by atoms with E-state index in [1.54, 1.807) is 30.2 Å². The van der Waals surface area contributed by atoms with Gasteiger partial charge in [-0.05, 0) is 24.3 Å². The van der Waals surface area contributed by atoms with Gasteiger partial charge >= 0.3 is 0 Å². The van der Waals surface area contributed by atoms with Crippen molar-refractivity contribution in [2.24, 2.45) is 0 Å². The quantitative estimate of drug-likeness (QED) is 0.394. The molecule has 0 radical (unpaired) electrons. The minimum absolute atomic E-state index is 0.140. The Balaban J connectivity index is 1.79. The number of hydrogen-bond acceptors (Lipinski definition) is 5. The molecule has 0 saturated carbocycles. The molecule has 1 N–H and O–H groups in total. The molecule has 1 aromatic heterocycles. The number of rotatable bonds is 5. The van der Waals surface area contributed by atoms with Gasteiger partial charge in [0.2, 0.25) is 0 Å². The molecule has 2 aromatic rings. The summed E-state index contributed by atoms with van der Waals surface area (Å²) in [7, 11) is 0. The van der Waals surface area contributed by atoms with Crippen LogP contribution in [-0.2, 0) is 0 Å². The Morgan fingerprint density at radius 3 is 2.85 bits per heavy atom. The second kappa shape index (κ2) is 8.20. The number of benzene rings is 1. The van der Waals surface area contributed by atoms with E-state index in [1.807, 2.05) is 24.3 Å². The molecule has 0 aliphatic heterocycles. The second-order valence-electron chi connectivity index (χ2n) is 3.72. The minimum Gasteiger partial charge on any atom is -0.493 e. The Hall–Kier alpha value is -2.03. The van der Waals surface area contributed by atoms with E-state index < -0.39 is 0 Å². The fourth-order valence-electron chi connectivity index (χ4n) is 1.46. The summed E-state index contributed by atoms with van der Waals surface area (Å²) in [4.78, 5) is 8.25. The van der Waals surface area contributed by atoms with Crippen LogP contribution >= 0.6 is 11.8 Å². The molecule has 102 valence electrons. The smallest absolute Gasteiger partial charge is 0.187 e. The van der Waals surface area contributed by atoms with Crippen LogP contribution in [0.5, 0.6) is 5.75 Å². The zero-order valence-electron chi connectivity index (χ0n) is 10.8. The van der Waals surface area contributed by atoms with Gasteiger partial charge in [-0.2, -0.15) is 0 Å². The van der Waals surface area contributed by atoms with E-state index >= 15 is 0 Å². The second-order valence-corrected chi connectivity index (χ2v) is 4.78. The van der Waals surface area contributed by atoms with Crippen LogP contribution in [-0.4, -0.2) is 34.0 Å². The first kappa shape index (κ1) is 14.4. The molecule has 0 fully saturated rings. The molecular weight excluding hydrogens is 272 g/mol. The Labute approximate surface area is 122 Å². The maximum Gasteiger partial charge on any atom is 0.187 e. The predicted molar refractivity (Wildman–Crippen MR) is 78.7 cm³/mol. The highest BCUT2D eigenvalue weighted by atomic mass is 32.2. The fourth-order valence-corrected chi connectivity index (χ4v) is 2.08. The van der Waals surface area contributed by atoms with Crippen LogP contribution in [0.4, 0.5) is 0 Å². The topological polar surface area (TPSA) is 55.2 Å². The molecule has 0 aliphatic rings. The highest BCUT2D eigenvalue weighted by molar-refractivity contribution is 7.99. The van der Waals surface area contributed by atoms with E-state index in [9.17, 15) is 0 Å². The Morgan fingerprint density at radius 1 is 1.20 bits per heavy atom. The highest BCUT2D eigenvalue weighted by Gasteiger charge is 1.98. The van der Waals surface area contributed by atoms with Crippen LogP contribution < -0.4 is 4.74 Å². The van der Waals surface area contributed by atoms with Gasteiger partial charge in [0.25, 0.3) is 0 Å². The van der Waals surface area contributed by atoms with Crippen molar-refractivity contribution in [1.29, 1.82) is 0 Å². The van der Waals surface area contributed by atoms with E-state index in [0.29, 0.717) is 6.61 Å². The molecule has 0 saturated heterocycles. The number of aromatic nitrogens is 2. The Morgan fingerprint density at radius 2 is 2.05 bits per heavy atom.